The van der Waals surface area contributed by atoms with Gasteiger partial charge in [-0.25, -0.2) is 13.8 Å². The van der Waals surface area contributed by atoms with E-state index in [4.69, 9.17) is 11.6 Å². The Morgan fingerprint density at radius 3 is 2.11 bits per heavy atom. The van der Waals surface area contributed by atoms with Crippen LogP contribution in [0.5, 0.6) is 0 Å². The number of nitrogens with one attached hydrogen (secondary N) is 1. The highest BCUT2D eigenvalue weighted by Crippen LogP contribution is 2.26. The van der Waals surface area contributed by atoms with Crippen molar-refractivity contribution >= 4 is 38.9 Å². The second kappa shape index (κ2) is 10.8. The van der Waals surface area contributed by atoms with Gasteiger partial charge in [0.2, 0.25) is 0 Å². The first-order chi connectivity index (χ1) is 16.8. The van der Waals surface area contributed by atoms with Crippen molar-refractivity contribution in [3.05, 3.63) is 94.0 Å². The number of anilines is 1. The van der Waals surface area contributed by atoms with Gasteiger partial charge in [-0.1, -0.05) is 62.7 Å². The molecule has 0 aliphatic heterocycles. The fourth-order valence-corrected chi connectivity index (χ4v) is 5.06. The number of benzene rings is 3. The first kappa shape index (κ1) is 27.4. The normalized spacial score (nSPS) is 12.4. The van der Waals surface area contributed by atoms with Gasteiger partial charge in [-0.2, -0.15) is 5.10 Å². The quantitative estimate of drug-likeness (QED) is 0.304. The van der Waals surface area contributed by atoms with E-state index >= 15 is 0 Å². The molecule has 3 aromatic rings. The number of sulfonamides is 1. The molecule has 3 rings (SSSR count). The van der Waals surface area contributed by atoms with Crippen LogP contribution in [0.1, 0.15) is 49.9 Å². The van der Waals surface area contributed by atoms with Gasteiger partial charge in [-0.15, -0.1) is 0 Å². The predicted octanol–water partition coefficient (Wildman–Crippen LogP) is 5.99. The van der Waals surface area contributed by atoms with Crippen molar-refractivity contribution in [2.45, 2.75) is 51.9 Å². The minimum atomic E-state index is -4.04. The van der Waals surface area contributed by atoms with Gasteiger partial charge in [0.15, 0.2) is 0 Å². The van der Waals surface area contributed by atoms with Crippen LogP contribution in [0.4, 0.5) is 5.69 Å². The Morgan fingerprint density at radius 2 is 1.56 bits per heavy atom. The molecule has 0 bridgehead atoms. The van der Waals surface area contributed by atoms with Crippen LogP contribution in [0.15, 0.2) is 76.7 Å². The summed E-state index contributed by atoms with van der Waals surface area (Å²) in [6, 6.07) is 19.1. The molecule has 0 unspecified atom stereocenters. The number of hydrogen-bond acceptors (Lipinski definition) is 4. The molecule has 0 aliphatic carbocycles. The van der Waals surface area contributed by atoms with Gasteiger partial charge < -0.3 is 0 Å². The van der Waals surface area contributed by atoms with E-state index in [0.717, 1.165) is 21.0 Å². The van der Waals surface area contributed by atoms with Gasteiger partial charge in [0.1, 0.15) is 6.54 Å². The minimum absolute atomic E-state index is 0.0329. The average molecular weight is 526 g/mol. The largest absolute Gasteiger partial charge is 0.271 e. The van der Waals surface area contributed by atoms with Gasteiger partial charge in [0, 0.05) is 5.02 Å². The van der Waals surface area contributed by atoms with Crippen molar-refractivity contribution in [2.24, 2.45) is 5.10 Å². The van der Waals surface area contributed by atoms with Gasteiger partial charge in [-0.3, -0.25) is 9.10 Å². The third-order valence-corrected chi connectivity index (χ3v) is 8.02. The zero-order chi connectivity index (χ0) is 26.7. The molecule has 6 nitrogen and oxygen atoms in total. The third kappa shape index (κ3) is 6.53. The van der Waals surface area contributed by atoms with Crippen molar-refractivity contribution in [1.82, 2.24) is 5.43 Å². The molecule has 0 aromatic heterocycles. The molecule has 0 radical (unpaired) electrons. The van der Waals surface area contributed by atoms with Gasteiger partial charge in [-0.05, 0) is 84.8 Å². The van der Waals surface area contributed by atoms with Crippen molar-refractivity contribution < 1.29 is 13.2 Å². The zero-order valence-corrected chi connectivity index (χ0v) is 23.0. The topological polar surface area (TPSA) is 78.8 Å². The van der Waals surface area contributed by atoms with E-state index in [2.05, 4.69) is 31.3 Å². The van der Waals surface area contributed by atoms with E-state index in [0.29, 0.717) is 16.4 Å². The van der Waals surface area contributed by atoms with Crippen LogP contribution in [-0.2, 0) is 20.2 Å². The van der Waals surface area contributed by atoms with Crippen molar-refractivity contribution in [3.8, 4) is 0 Å². The summed E-state index contributed by atoms with van der Waals surface area (Å²) >= 11 is 5.95. The molecular formula is C28H32ClN3O3S. The summed E-state index contributed by atoms with van der Waals surface area (Å²) in [6.45, 7) is 11.6. The van der Waals surface area contributed by atoms with E-state index in [1.54, 1.807) is 19.1 Å². The van der Waals surface area contributed by atoms with Gasteiger partial charge in [0.05, 0.1) is 16.3 Å². The maximum atomic E-state index is 13.5. The van der Waals surface area contributed by atoms with Crippen molar-refractivity contribution in [3.63, 3.8) is 0 Å². The number of carbonyl (C=O) groups is 1. The average Bonchev–Trinajstić information content (AvgIpc) is 2.82. The van der Waals surface area contributed by atoms with Crippen LogP contribution in [0.3, 0.4) is 0 Å². The summed E-state index contributed by atoms with van der Waals surface area (Å²) in [7, 11) is -4.04. The van der Waals surface area contributed by atoms with Crippen LogP contribution in [-0.4, -0.2) is 26.6 Å². The summed E-state index contributed by atoms with van der Waals surface area (Å²) in [6.07, 6.45) is 0. The molecule has 0 saturated carbocycles. The minimum Gasteiger partial charge on any atom is -0.271 e. The Balaban J connectivity index is 1.86. The number of rotatable bonds is 7. The number of aryl methyl sites for hydroxylation is 2. The molecule has 0 heterocycles. The summed E-state index contributed by atoms with van der Waals surface area (Å²) in [4.78, 5) is 12.9. The predicted molar refractivity (Wildman–Crippen MR) is 147 cm³/mol. The third-order valence-electron chi connectivity index (χ3n) is 5.98. The van der Waals surface area contributed by atoms with E-state index in [9.17, 15) is 13.2 Å². The van der Waals surface area contributed by atoms with E-state index in [1.165, 1.54) is 29.8 Å². The smallest absolute Gasteiger partial charge is 0.264 e. The van der Waals surface area contributed by atoms with E-state index in [1.807, 2.05) is 44.2 Å². The van der Waals surface area contributed by atoms with Gasteiger partial charge in [0.25, 0.3) is 15.9 Å². The Labute approximate surface area is 219 Å². The standard InChI is InChI=1S/C28H32ClN3O3S/c1-19-7-14-25(17-20(19)2)32(36(34,35)26-15-12-24(29)13-16-26)18-27(33)31-30-21(3)22-8-10-23(11-9-22)28(4,5)6/h7-17H,18H2,1-6H3,(H,31,33)/b30-21-. The Kier molecular flexibility index (Phi) is 8.26. The molecule has 0 saturated heterocycles. The first-order valence-corrected chi connectivity index (χ1v) is 13.4. The van der Waals surface area contributed by atoms with Gasteiger partial charge >= 0.3 is 0 Å². The second-order valence-electron chi connectivity index (χ2n) is 9.79. The SMILES string of the molecule is C/C(=N/NC(=O)CN(c1ccc(C)c(C)c1)S(=O)(=O)c1ccc(Cl)cc1)c1ccc(C(C)(C)C)cc1. The number of hydrogen-bond donors (Lipinski definition) is 1. The monoisotopic (exact) mass is 525 g/mol. The molecule has 3 aromatic carbocycles. The second-order valence-corrected chi connectivity index (χ2v) is 12.1. The highest BCUT2D eigenvalue weighted by atomic mass is 35.5. The number of carbonyl (C=O) groups excluding carboxylic acids is 1. The lowest BCUT2D eigenvalue weighted by Crippen LogP contribution is -2.39. The molecule has 1 N–H and O–H groups in total. The Hall–Kier alpha value is -3.16. The summed E-state index contributed by atoms with van der Waals surface area (Å²) in [5.74, 6) is -0.559. The number of amides is 1. The van der Waals surface area contributed by atoms with Crippen LogP contribution < -0.4 is 9.73 Å². The van der Waals surface area contributed by atoms with Crippen molar-refractivity contribution in [1.29, 1.82) is 0 Å². The number of hydrazone groups is 1. The van der Waals surface area contributed by atoms with Crippen molar-refractivity contribution in [2.75, 3.05) is 10.8 Å². The van der Waals surface area contributed by atoms with Crippen LogP contribution in [0, 0.1) is 13.8 Å². The first-order valence-electron chi connectivity index (χ1n) is 11.6. The lowest BCUT2D eigenvalue weighted by atomic mass is 9.86. The fourth-order valence-electron chi connectivity index (χ4n) is 3.52. The van der Waals surface area contributed by atoms with Crippen LogP contribution in [0.2, 0.25) is 5.02 Å². The highest BCUT2D eigenvalue weighted by molar-refractivity contribution is 7.92. The molecule has 36 heavy (non-hydrogen) atoms. The summed E-state index contributed by atoms with van der Waals surface area (Å²) < 4.78 is 28.1. The van der Waals surface area contributed by atoms with Crippen LogP contribution >= 0.6 is 11.6 Å². The Bertz CT molecular complexity index is 1380. The highest BCUT2D eigenvalue weighted by Gasteiger charge is 2.27. The molecule has 0 spiro atoms. The number of nitrogens with zero attached hydrogens (tertiary/aromatic N) is 2. The molecule has 1 amide bonds. The fraction of sp³-hybridized carbons (Fsp3) is 0.286. The van der Waals surface area contributed by atoms with E-state index < -0.39 is 22.5 Å². The molecule has 8 heteroatoms. The summed E-state index contributed by atoms with van der Waals surface area (Å²) in [5, 5.41) is 4.63. The molecule has 0 fully saturated rings. The lowest BCUT2D eigenvalue weighted by molar-refractivity contribution is -0.119. The lowest BCUT2D eigenvalue weighted by Gasteiger charge is -2.24. The molecular weight excluding hydrogens is 494 g/mol. The molecule has 0 atom stereocenters. The zero-order valence-electron chi connectivity index (χ0n) is 21.5. The van der Waals surface area contributed by atoms with Crippen LogP contribution in [0.25, 0.3) is 0 Å². The maximum absolute atomic E-state index is 13.5. The molecule has 190 valence electrons. The molecule has 0 aliphatic rings. The number of halogens is 1. The Morgan fingerprint density at radius 1 is 0.944 bits per heavy atom. The van der Waals surface area contributed by atoms with E-state index in [-0.39, 0.29) is 10.3 Å². The summed E-state index contributed by atoms with van der Waals surface area (Å²) in [5.41, 5.74) is 7.53. The maximum Gasteiger partial charge on any atom is 0.264 e.